The maximum absolute atomic E-state index is 13.5. The van der Waals surface area contributed by atoms with Crippen molar-refractivity contribution in [2.75, 3.05) is 12.8 Å². The fraction of sp³-hybridized carbons (Fsp3) is 0.286. The van der Waals surface area contributed by atoms with Crippen LogP contribution >= 0.6 is 0 Å². The van der Waals surface area contributed by atoms with E-state index in [0.717, 1.165) is 5.56 Å². The van der Waals surface area contributed by atoms with Gasteiger partial charge in [0, 0.05) is 6.42 Å². The third-order valence-electron chi connectivity index (χ3n) is 2.96. The maximum Gasteiger partial charge on any atom is 0.360 e. The number of carbonyl (C=O) groups is 1. The molecule has 2 N–H and O–H groups in total. The summed E-state index contributed by atoms with van der Waals surface area (Å²) in [6.45, 7) is 3.66. The molecule has 0 amide bonds. The Hall–Kier alpha value is -2.37. The predicted octanol–water partition coefficient (Wildman–Crippen LogP) is 2.25. The molecule has 2 rings (SSSR count). The molecular formula is C14H16FN3O2. The normalized spacial score (nSPS) is 10.6. The highest BCUT2D eigenvalue weighted by molar-refractivity contribution is 5.92. The molecule has 106 valence electrons. The van der Waals surface area contributed by atoms with Crippen LogP contribution in [-0.4, -0.2) is 22.6 Å². The van der Waals surface area contributed by atoms with Gasteiger partial charge in [0.1, 0.15) is 17.5 Å². The lowest BCUT2D eigenvalue weighted by molar-refractivity contribution is 0.0596. The lowest BCUT2D eigenvalue weighted by Gasteiger charge is -2.10. The topological polar surface area (TPSA) is 70.1 Å². The van der Waals surface area contributed by atoms with Crippen molar-refractivity contribution in [3.05, 3.63) is 41.1 Å². The number of aryl methyl sites for hydroxylation is 2. The van der Waals surface area contributed by atoms with E-state index in [1.54, 1.807) is 17.6 Å². The molecule has 6 heteroatoms. The van der Waals surface area contributed by atoms with Gasteiger partial charge in [0.2, 0.25) is 0 Å². The number of rotatable bonds is 3. The van der Waals surface area contributed by atoms with Gasteiger partial charge in [-0.15, -0.1) is 0 Å². The summed E-state index contributed by atoms with van der Waals surface area (Å²) in [6.07, 6.45) is 0.552. The monoisotopic (exact) mass is 277 g/mol. The Balaban J connectivity index is 2.66. The molecule has 0 unspecified atom stereocenters. The Kier molecular flexibility index (Phi) is 3.74. The molecule has 0 spiro atoms. The SMILES string of the molecule is CCc1nc(C(=O)OC)c(N)n1-c1cc(C)cc(F)c1. The zero-order valence-electron chi connectivity index (χ0n) is 11.6. The summed E-state index contributed by atoms with van der Waals surface area (Å²) < 4.78 is 19.8. The first-order valence-corrected chi connectivity index (χ1v) is 6.20. The Bertz CT molecular complexity index is 644. The van der Waals surface area contributed by atoms with E-state index in [4.69, 9.17) is 5.73 Å². The van der Waals surface area contributed by atoms with E-state index in [-0.39, 0.29) is 17.3 Å². The first-order valence-electron chi connectivity index (χ1n) is 6.20. The van der Waals surface area contributed by atoms with E-state index < -0.39 is 5.97 Å². The molecule has 0 saturated heterocycles. The molecule has 0 bridgehead atoms. The largest absolute Gasteiger partial charge is 0.464 e. The molecule has 1 aromatic heterocycles. The highest BCUT2D eigenvalue weighted by Gasteiger charge is 2.21. The van der Waals surface area contributed by atoms with Crippen LogP contribution in [0.1, 0.15) is 28.8 Å². The second-order valence-corrected chi connectivity index (χ2v) is 4.43. The van der Waals surface area contributed by atoms with E-state index in [1.165, 1.54) is 19.2 Å². The third kappa shape index (κ3) is 2.36. The number of aromatic nitrogens is 2. The van der Waals surface area contributed by atoms with Crippen LogP contribution in [0.3, 0.4) is 0 Å². The van der Waals surface area contributed by atoms with Crippen LogP contribution in [-0.2, 0) is 11.2 Å². The van der Waals surface area contributed by atoms with E-state index in [0.29, 0.717) is 17.9 Å². The van der Waals surface area contributed by atoms with Crippen molar-refractivity contribution in [1.29, 1.82) is 0 Å². The molecular weight excluding hydrogens is 261 g/mol. The van der Waals surface area contributed by atoms with Crippen molar-refractivity contribution < 1.29 is 13.9 Å². The van der Waals surface area contributed by atoms with Crippen molar-refractivity contribution in [2.24, 2.45) is 0 Å². The minimum Gasteiger partial charge on any atom is -0.464 e. The Labute approximate surface area is 116 Å². The van der Waals surface area contributed by atoms with Crippen molar-refractivity contribution >= 4 is 11.8 Å². The number of nitrogen functional groups attached to an aromatic ring is 1. The number of hydrogen-bond acceptors (Lipinski definition) is 4. The lowest BCUT2D eigenvalue weighted by atomic mass is 10.2. The number of nitrogens with two attached hydrogens (primary N) is 1. The number of imidazole rings is 1. The average molecular weight is 277 g/mol. The van der Waals surface area contributed by atoms with Gasteiger partial charge in [-0.05, 0) is 30.7 Å². The van der Waals surface area contributed by atoms with Gasteiger partial charge in [0.05, 0.1) is 12.8 Å². The molecule has 0 aliphatic heterocycles. The Morgan fingerprint density at radius 2 is 2.15 bits per heavy atom. The Morgan fingerprint density at radius 3 is 2.70 bits per heavy atom. The van der Waals surface area contributed by atoms with E-state index in [9.17, 15) is 9.18 Å². The van der Waals surface area contributed by atoms with Crippen molar-refractivity contribution in [1.82, 2.24) is 9.55 Å². The quantitative estimate of drug-likeness (QED) is 0.873. The van der Waals surface area contributed by atoms with Crippen LogP contribution in [0.4, 0.5) is 10.2 Å². The molecule has 0 saturated carbocycles. The standard InChI is InChI=1S/C14H16FN3O2/c1-4-11-17-12(14(19)20-3)13(16)18(11)10-6-8(2)5-9(15)7-10/h5-7H,4,16H2,1-3H3. The zero-order chi connectivity index (χ0) is 14.9. The molecule has 0 fully saturated rings. The van der Waals surface area contributed by atoms with Crippen LogP contribution in [0.25, 0.3) is 5.69 Å². The van der Waals surface area contributed by atoms with Gasteiger partial charge < -0.3 is 10.5 Å². The number of halogens is 1. The fourth-order valence-corrected chi connectivity index (χ4v) is 2.10. The van der Waals surface area contributed by atoms with Gasteiger partial charge in [0.15, 0.2) is 5.69 Å². The van der Waals surface area contributed by atoms with Crippen molar-refractivity contribution in [3.63, 3.8) is 0 Å². The average Bonchev–Trinajstić information content (AvgIpc) is 2.73. The lowest BCUT2D eigenvalue weighted by Crippen LogP contribution is -2.08. The summed E-state index contributed by atoms with van der Waals surface area (Å²) in [6, 6.07) is 4.55. The number of hydrogen-bond donors (Lipinski definition) is 1. The van der Waals surface area contributed by atoms with Gasteiger partial charge in [-0.1, -0.05) is 6.92 Å². The Morgan fingerprint density at radius 1 is 1.45 bits per heavy atom. The molecule has 1 aromatic carbocycles. The molecule has 5 nitrogen and oxygen atoms in total. The van der Waals surface area contributed by atoms with Gasteiger partial charge in [0.25, 0.3) is 0 Å². The summed E-state index contributed by atoms with van der Waals surface area (Å²) in [5, 5.41) is 0. The smallest absolute Gasteiger partial charge is 0.360 e. The molecule has 0 radical (unpaired) electrons. The summed E-state index contributed by atoms with van der Waals surface area (Å²) in [7, 11) is 1.26. The van der Waals surface area contributed by atoms with E-state index in [1.807, 2.05) is 6.92 Å². The van der Waals surface area contributed by atoms with Gasteiger partial charge in [-0.3, -0.25) is 4.57 Å². The van der Waals surface area contributed by atoms with Crippen LogP contribution in [0.15, 0.2) is 18.2 Å². The van der Waals surface area contributed by atoms with Crippen LogP contribution in [0, 0.1) is 12.7 Å². The molecule has 2 aromatic rings. The second-order valence-electron chi connectivity index (χ2n) is 4.43. The second kappa shape index (κ2) is 5.32. The summed E-state index contributed by atoms with van der Waals surface area (Å²) >= 11 is 0. The van der Waals surface area contributed by atoms with Gasteiger partial charge >= 0.3 is 5.97 Å². The number of methoxy groups -OCH3 is 1. The molecule has 0 atom stereocenters. The zero-order valence-corrected chi connectivity index (χ0v) is 11.6. The highest BCUT2D eigenvalue weighted by Crippen LogP contribution is 2.23. The van der Waals surface area contributed by atoms with Gasteiger partial charge in [-0.2, -0.15) is 0 Å². The van der Waals surface area contributed by atoms with Gasteiger partial charge in [-0.25, -0.2) is 14.2 Å². The minimum atomic E-state index is -0.607. The summed E-state index contributed by atoms with van der Waals surface area (Å²) in [5.41, 5.74) is 7.31. The van der Waals surface area contributed by atoms with Crippen molar-refractivity contribution in [3.8, 4) is 5.69 Å². The first kappa shape index (κ1) is 14.0. The number of carbonyl (C=O) groups excluding carboxylic acids is 1. The highest BCUT2D eigenvalue weighted by atomic mass is 19.1. The third-order valence-corrected chi connectivity index (χ3v) is 2.96. The van der Waals surface area contributed by atoms with Crippen LogP contribution in [0.2, 0.25) is 0 Å². The predicted molar refractivity (Wildman–Crippen MR) is 73.4 cm³/mol. The van der Waals surface area contributed by atoms with Crippen LogP contribution in [0.5, 0.6) is 0 Å². The number of esters is 1. The first-order chi connectivity index (χ1) is 9.47. The number of nitrogens with zero attached hydrogens (tertiary/aromatic N) is 2. The molecule has 20 heavy (non-hydrogen) atoms. The minimum absolute atomic E-state index is 0.0475. The number of ether oxygens (including phenoxy) is 1. The van der Waals surface area contributed by atoms with E-state index in [2.05, 4.69) is 9.72 Å². The van der Waals surface area contributed by atoms with E-state index >= 15 is 0 Å². The fourth-order valence-electron chi connectivity index (χ4n) is 2.10. The summed E-state index contributed by atoms with van der Waals surface area (Å²) in [5.74, 6) is -0.245. The molecule has 0 aliphatic rings. The maximum atomic E-state index is 13.5. The van der Waals surface area contributed by atoms with Crippen molar-refractivity contribution in [2.45, 2.75) is 20.3 Å². The summed E-state index contributed by atoms with van der Waals surface area (Å²) in [4.78, 5) is 15.8. The molecule has 0 aliphatic carbocycles. The number of benzene rings is 1. The molecule has 1 heterocycles. The van der Waals surface area contributed by atoms with Crippen LogP contribution < -0.4 is 5.73 Å². The number of anilines is 1.